The number of hydrogen-bond acceptors (Lipinski definition) is 3. The molecule has 1 spiro atoms. The van der Waals surface area contributed by atoms with E-state index in [-0.39, 0.29) is 0 Å². The molecule has 19 heavy (non-hydrogen) atoms. The second kappa shape index (κ2) is 5.71. The predicted molar refractivity (Wildman–Crippen MR) is 78.4 cm³/mol. The van der Waals surface area contributed by atoms with Crippen LogP contribution in [0.3, 0.4) is 0 Å². The Kier molecular flexibility index (Phi) is 4.16. The van der Waals surface area contributed by atoms with E-state index in [2.05, 4.69) is 24.1 Å². The molecule has 3 heteroatoms. The van der Waals surface area contributed by atoms with E-state index >= 15 is 0 Å². The van der Waals surface area contributed by atoms with Gasteiger partial charge in [-0.05, 0) is 31.6 Å². The maximum Gasteiger partial charge on any atom is 0.0710 e. The molecule has 2 saturated heterocycles. The number of piperazine rings is 1. The Balaban J connectivity index is 1.49. The Morgan fingerprint density at radius 1 is 1.26 bits per heavy atom. The van der Waals surface area contributed by atoms with E-state index in [1.54, 1.807) is 0 Å². The van der Waals surface area contributed by atoms with Crippen LogP contribution < -0.4 is 5.32 Å². The summed E-state index contributed by atoms with van der Waals surface area (Å²) in [5.74, 6) is 0.730. The first-order chi connectivity index (χ1) is 9.17. The first kappa shape index (κ1) is 13.8. The van der Waals surface area contributed by atoms with E-state index in [1.165, 1.54) is 51.6 Å². The lowest BCUT2D eigenvalue weighted by Gasteiger charge is -2.37. The van der Waals surface area contributed by atoms with Crippen LogP contribution in [0.5, 0.6) is 0 Å². The monoisotopic (exact) mass is 266 g/mol. The number of hydrogen-bond donors (Lipinski definition) is 1. The molecule has 0 aromatic rings. The molecule has 110 valence electrons. The standard InChI is InChI=1S/C16H30N2O/c1-13(2)15-12-18(10-9-17-15)11-14-5-8-16(19-14)6-3-4-7-16/h13-15,17H,3-12H2,1-2H3. The third kappa shape index (κ3) is 3.14. The lowest BCUT2D eigenvalue weighted by Crippen LogP contribution is -2.54. The molecular weight excluding hydrogens is 236 g/mol. The van der Waals surface area contributed by atoms with Gasteiger partial charge in [0.05, 0.1) is 11.7 Å². The van der Waals surface area contributed by atoms with Gasteiger partial charge < -0.3 is 10.1 Å². The smallest absolute Gasteiger partial charge is 0.0710 e. The van der Waals surface area contributed by atoms with Crippen LogP contribution in [0.1, 0.15) is 52.4 Å². The Morgan fingerprint density at radius 3 is 2.79 bits per heavy atom. The number of ether oxygens (including phenoxy) is 1. The van der Waals surface area contributed by atoms with Crippen LogP contribution in [0.15, 0.2) is 0 Å². The van der Waals surface area contributed by atoms with E-state index < -0.39 is 0 Å². The van der Waals surface area contributed by atoms with E-state index in [1.807, 2.05) is 0 Å². The maximum absolute atomic E-state index is 6.45. The lowest BCUT2D eigenvalue weighted by atomic mass is 9.98. The predicted octanol–water partition coefficient (Wildman–Crippen LogP) is 2.41. The second-order valence-corrected chi connectivity index (χ2v) is 7.23. The van der Waals surface area contributed by atoms with Crippen LogP contribution >= 0.6 is 0 Å². The van der Waals surface area contributed by atoms with E-state index in [9.17, 15) is 0 Å². The molecule has 1 N–H and O–H groups in total. The van der Waals surface area contributed by atoms with Crippen LogP contribution in [0.4, 0.5) is 0 Å². The molecule has 3 rings (SSSR count). The third-order valence-corrected chi connectivity index (χ3v) is 5.41. The molecule has 2 atom stereocenters. The Bertz CT molecular complexity index is 299. The summed E-state index contributed by atoms with van der Waals surface area (Å²) in [5, 5.41) is 3.64. The van der Waals surface area contributed by atoms with Crippen molar-refractivity contribution >= 4 is 0 Å². The first-order valence-electron chi connectivity index (χ1n) is 8.30. The van der Waals surface area contributed by atoms with Gasteiger partial charge in [0.25, 0.3) is 0 Å². The van der Waals surface area contributed by atoms with E-state index in [4.69, 9.17) is 4.74 Å². The highest BCUT2D eigenvalue weighted by atomic mass is 16.5. The molecule has 3 aliphatic rings. The molecule has 0 bridgehead atoms. The van der Waals surface area contributed by atoms with Gasteiger partial charge in [-0.1, -0.05) is 26.7 Å². The van der Waals surface area contributed by atoms with E-state index in [0.717, 1.165) is 19.0 Å². The molecule has 0 aromatic heterocycles. The van der Waals surface area contributed by atoms with Crippen LogP contribution in [0, 0.1) is 5.92 Å². The van der Waals surface area contributed by atoms with Crippen molar-refractivity contribution in [2.75, 3.05) is 26.2 Å². The molecule has 0 aromatic carbocycles. The highest BCUT2D eigenvalue weighted by molar-refractivity contribution is 4.94. The van der Waals surface area contributed by atoms with Gasteiger partial charge in [-0.15, -0.1) is 0 Å². The quantitative estimate of drug-likeness (QED) is 0.849. The average molecular weight is 266 g/mol. The zero-order chi connectivity index (χ0) is 13.3. The molecular formula is C16H30N2O. The molecule has 3 nitrogen and oxygen atoms in total. The summed E-state index contributed by atoms with van der Waals surface area (Å²) in [6, 6.07) is 0.663. The first-order valence-corrected chi connectivity index (χ1v) is 8.30. The summed E-state index contributed by atoms with van der Waals surface area (Å²) in [7, 11) is 0. The summed E-state index contributed by atoms with van der Waals surface area (Å²) in [5.41, 5.74) is 0.302. The van der Waals surface area contributed by atoms with Gasteiger partial charge in [-0.25, -0.2) is 0 Å². The van der Waals surface area contributed by atoms with Gasteiger partial charge in [0, 0.05) is 32.2 Å². The van der Waals surface area contributed by atoms with Crippen molar-refractivity contribution in [3.8, 4) is 0 Å². The summed E-state index contributed by atoms with van der Waals surface area (Å²) < 4.78 is 6.45. The molecule has 3 fully saturated rings. The molecule has 0 radical (unpaired) electrons. The van der Waals surface area contributed by atoms with Gasteiger partial charge in [-0.3, -0.25) is 4.90 Å². The van der Waals surface area contributed by atoms with Crippen molar-refractivity contribution in [2.45, 2.75) is 70.1 Å². The highest BCUT2D eigenvalue weighted by Gasteiger charge is 2.42. The van der Waals surface area contributed by atoms with Crippen molar-refractivity contribution in [3.63, 3.8) is 0 Å². The van der Waals surface area contributed by atoms with Gasteiger partial charge in [0.15, 0.2) is 0 Å². The van der Waals surface area contributed by atoms with Crippen molar-refractivity contribution in [2.24, 2.45) is 5.92 Å². The molecule has 2 aliphatic heterocycles. The van der Waals surface area contributed by atoms with Crippen molar-refractivity contribution in [3.05, 3.63) is 0 Å². The van der Waals surface area contributed by atoms with Crippen molar-refractivity contribution in [1.29, 1.82) is 0 Å². The number of nitrogens with one attached hydrogen (secondary N) is 1. The Morgan fingerprint density at radius 2 is 2.05 bits per heavy atom. The van der Waals surface area contributed by atoms with Gasteiger partial charge in [0.2, 0.25) is 0 Å². The van der Waals surface area contributed by atoms with Gasteiger partial charge in [0.1, 0.15) is 0 Å². The molecule has 0 amide bonds. The van der Waals surface area contributed by atoms with Crippen molar-refractivity contribution in [1.82, 2.24) is 10.2 Å². The van der Waals surface area contributed by atoms with Crippen LogP contribution in [0.25, 0.3) is 0 Å². The van der Waals surface area contributed by atoms with Crippen LogP contribution in [0.2, 0.25) is 0 Å². The summed E-state index contributed by atoms with van der Waals surface area (Å²) in [6.07, 6.45) is 8.52. The summed E-state index contributed by atoms with van der Waals surface area (Å²) in [4.78, 5) is 2.62. The van der Waals surface area contributed by atoms with Gasteiger partial charge >= 0.3 is 0 Å². The number of rotatable bonds is 3. The Hall–Kier alpha value is -0.120. The summed E-state index contributed by atoms with van der Waals surface area (Å²) in [6.45, 7) is 9.33. The highest BCUT2D eigenvalue weighted by Crippen LogP contribution is 2.43. The molecule has 2 heterocycles. The second-order valence-electron chi connectivity index (χ2n) is 7.23. The largest absolute Gasteiger partial charge is 0.370 e. The SMILES string of the molecule is CC(C)C1CN(CC2CCC3(CCCC3)O2)CCN1. The maximum atomic E-state index is 6.45. The fourth-order valence-electron chi connectivity index (χ4n) is 4.15. The third-order valence-electron chi connectivity index (χ3n) is 5.41. The van der Waals surface area contributed by atoms with E-state index in [0.29, 0.717) is 17.7 Å². The zero-order valence-electron chi connectivity index (χ0n) is 12.7. The zero-order valence-corrected chi connectivity index (χ0v) is 12.7. The minimum absolute atomic E-state index is 0.302. The lowest BCUT2D eigenvalue weighted by molar-refractivity contribution is -0.0499. The normalized spacial score (nSPS) is 35.5. The topological polar surface area (TPSA) is 24.5 Å². The van der Waals surface area contributed by atoms with Gasteiger partial charge in [-0.2, -0.15) is 0 Å². The number of nitrogens with zero attached hydrogens (tertiary/aromatic N) is 1. The van der Waals surface area contributed by atoms with Crippen LogP contribution in [-0.2, 0) is 4.74 Å². The van der Waals surface area contributed by atoms with Crippen LogP contribution in [-0.4, -0.2) is 48.8 Å². The fraction of sp³-hybridized carbons (Fsp3) is 1.00. The molecule has 1 aliphatic carbocycles. The minimum Gasteiger partial charge on any atom is -0.370 e. The Labute approximate surface area is 118 Å². The average Bonchev–Trinajstić information content (AvgIpc) is 3.01. The molecule has 1 saturated carbocycles. The molecule has 2 unspecified atom stereocenters. The summed E-state index contributed by atoms with van der Waals surface area (Å²) >= 11 is 0. The fourth-order valence-corrected chi connectivity index (χ4v) is 4.15. The minimum atomic E-state index is 0.302. The van der Waals surface area contributed by atoms with Crippen molar-refractivity contribution < 1.29 is 4.74 Å².